The highest BCUT2D eigenvalue weighted by Crippen LogP contribution is 2.04. The number of aromatic nitrogens is 2. The number of hydrogen-bond donors (Lipinski definition) is 1. The van der Waals surface area contributed by atoms with Crippen molar-refractivity contribution in [3.63, 3.8) is 0 Å². The molecule has 0 unspecified atom stereocenters. The van der Waals surface area contributed by atoms with E-state index >= 15 is 0 Å². The van der Waals surface area contributed by atoms with Crippen LogP contribution in [0.5, 0.6) is 0 Å². The van der Waals surface area contributed by atoms with Gasteiger partial charge in [0.05, 0.1) is 12.2 Å². The third kappa shape index (κ3) is 2.97. The van der Waals surface area contributed by atoms with Gasteiger partial charge < -0.3 is 5.32 Å². The zero-order valence-electron chi connectivity index (χ0n) is 10.7. The number of nitrogens with zero attached hydrogens (tertiary/aromatic N) is 2. The normalized spacial score (nSPS) is 10.3. The first-order valence-corrected chi connectivity index (χ1v) is 6.06. The molecule has 0 saturated carbocycles. The number of rotatable bonds is 4. The highest BCUT2D eigenvalue weighted by molar-refractivity contribution is 5.94. The van der Waals surface area contributed by atoms with Crippen LogP contribution in [0.25, 0.3) is 0 Å². The summed E-state index contributed by atoms with van der Waals surface area (Å²) in [6.45, 7) is 5.30. The van der Waals surface area contributed by atoms with E-state index in [2.05, 4.69) is 10.4 Å². The predicted octanol–water partition coefficient (Wildman–Crippen LogP) is 2.14. The maximum atomic E-state index is 11.9. The summed E-state index contributed by atoms with van der Waals surface area (Å²) in [6, 6.07) is 9.46. The molecule has 0 aliphatic rings. The fourth-order valence-electron chi connectivity index (χ4n) is 1.73. The topological polar surface area (TPSA) is 46.9 Å². The molecule has 1 heterocycles. The van der Waals surface area contributed by atoms with Crippen molar-refractivity contribution in [2.75, 3.05) is 0 Å². The van der Waals surface area contributed by atoms with Crippen molar-refractivity contribution in [1.82, 2.24) is 15.1 Å². The van der Waals surface area contributed by atoms with Crippen molar-refractivity contribution in [2.24, 2.45) is 0 Å². The number of amides is 1. The molecular formula is C14H17N3O. The first-order valence-electron chi connectivity index (χ1n) is 6.06. The largest absolute Gasteiger partial charge is 0.346 e. The Bertz CT molecular complexity index is 545. The van der Waals surface area contributed by atoms with Gasteiger partial charge in [0.2, 0.25) is 0 Å². The summed E-state index contributed by atoms with van der Waals surface area (Å²) in [4.78, 5) is 11.9. The van der Waals surface area contributed by atoms with E-state index in [4.69, 9.17) is 0 Å². The van der Waals surface area contributed by atoms with E-state index in [0.29, 0.717) is 12.1 Å². The number of benzene rings is 1. The van der Waals surface area contributed by atoms with Crippen LogP contribution in [0.2, 0.25) is 0 Å². The van der Waals surface area contributed by atoms with E-state index in [1.165, 1.54) is 0 Å². The first-order chi connectivity index (χ1) is 8.69. The molecule has 4 nitrogen and oxygen atoms in total. The molecule has 1 N–H and O–H groups in total. The van der Waals surface area contributed by atoms with Crippen LogP contribution in [0.4, 0.5) is 0 Å². The lowest BCUT2D eigenvalue weighted by Crippen LogP contribution is -2.23. The Morgan fingerprint density at radius 1 is 1.39 bits per heavy atom. The van der Waals surface area contributed by atoms with Crippen LogP contribution in [0.15, 0.2) is 36.5 Å². The number of hydrogen-bond acceptors (Lipinski definition) is 2. The summed E-state index contributed by atoms with van der Waals surface area (Å²) in [5.74, 6) is -0.0650. The summed E-state index contributed by atoms with van der Waals surface area (Å²) in [5.41, 5.74) is 2.64. The second-order valence-corrected chi connectivity index (χ2v) is 4.21. The van der Waals surface area contributed by atoms with Crippen molar-refractivity contribution in [3.8, 4) is 0 Å². The average molecular weight is 243 g/mol. The first kappa shape index (κ1) is 12.4. The smallest absolute Gasteiger partial charge is 0.251 e. The minimum Gasteiger partial charge on any atom is -0.346 e. The van der Waals surface area contributed by atoms with Crippen LogP contribution >= 0.6 is 0 Å². The van der Waals surface area contributed by atoms with Crippen LogP contribution in [0.3, 0.4) is 0 Å². The molecule has 0 atom stereocenters. The van der Waals surface area contributed by atoms with Gasteiger partial charge in [0.25, 0.3) is 5.91 Å². The molecule has 0 saturated heterocycles. The van der Waals surface area contributed by atoms with Gasteiger partial charge in [-0.05, 0) is 32.0 Å². The van der Waals surface area contributed by atoms with Gasteiger partial charge in [0.15, 0.2) is 0 Å². The van der Waals surface area contributed by atoms with E-state index in [9.17, 15) is 4.79 Å². The fourth-order valence-corrected chi connectivity index (χ4v) is 1.73. The van der Waals surface area contributed by atoms with E-state index in [1.54, 1.807) is 0 Å². The van der Waals surface area contributed by atoms with Crippen LogP contribution in [-0.4, -0.2) is 15.7 Å². The Hall–Kier alpha value is -2.10. The van der Waals surface area contributed by atoms with E-state index in [0.717, 1.165) is 17.8 Å². The van der Waals surface area contributed by atoms with E-state index < -0.39 is 0 Å². The van der Waals surface area contributed by atoms with Crippen molar-refractivity contribution >= 4 is 5.91 Å². The summed E-state index contributed by atoms with van der Waals surface area (Å²) in [6.07, 6.45) is 1.91. The standard InChI is InChI=1S/C14H17N3O/c1-3-17-8-7-13(16-17)10-15-14(18)12-6-4-5-11(2)9-12/h4-9H,3,10H2,1-2H3,(H,15,18). The monoisotopic (exact) mass is 243 g/mol. The van der Waals surface area contributed by atoms with Gasteiger partial charge in [0, 0.05) is 18.3 Å². The second kappa shape index (κ2) is 5.49. The van der Waals surface area contributed by atoms with Crippen molar-refractivity contribution in [1.29, 1.82) is 0 Å². The lowest BCUT2D eigenvalue weighted by molar-refractivity contribution is 0.0950. The lowest BCUT2D eigenvalue weighted by atomic mass is 10.1. The molecule has 18 heavy (non-hydrogen) atoms. The minimum atomic E-state index is -0.0650. The molecule has 1 aromatic heterocycles. The van der Waals surface area contributed by atoms with Gasteiger partial charge in [-0.1, -0.05) is 17.7 Å². The van der Waals surface area contributed by atoms with Crippen molar-refractivity contribution < 1.29 is 4.79 Å². The van der Waals surface area contributed by atoms with Crippen LogP contribution in [0, 0.1) is 6.92 Å². The molecule has 0 bridgehead atoms. The predicted molar refractivity (Wildman–Crippen MR) is 70.3 cm³/mol. The highest BCUT2D eigenvalue weighted by Gasteiger charge is 2.06. The quantitative estimate of drug-likeness (QED) is 0.894. The second-order valence-electron chi connectivity index (χ2n) is 4.21. The SMILES string of the molecule is CCn1ccc(CNC(=O)c2cccc(C)c2)n1. The third-order valence-electron chi connectivity index (χ3n) is 2.73. The summed E-state index contributed by atoms with van der Waals surface area (Å²) < 4.78 is 1.84. The minimum absolute atomic E-state index is 0.0650. The maximum absolute atomic E-state index is 11.9. The molecule has 1 amide bonds. The van der Waals surface area contributed by atoms with Gasteiger partial charge in [-0.2, -0.15) is 5.10 Å². The highest BCUT2D eigenvalue weighted by atomic mass is 16.1. The molecule has 0 aliphatic carbocycles. The van der Waals surface area contributed by atoms with E-state index in [1.807, 2.05) is 55.1 Å². The number of aryl methyl sites for hydroxylation is 2. The number of nitrogens with one attached hydrogen (secondary N) is 1. The Morgan fingerprint density at radius 3 is 2.89 bits per heavy atom. The van der Waals surface area contributed by atoms with E-state index in [-0.39, 0.29) is 5.91 Å². The van der Waals surface area contributed by atoms with Crippen LogP contribution < -0.4 is 5.32 Å². The van der Waals surface area contributed by atoms with Crippen LogP contribution in [-0.2, 0) is 13.1 Å². The number of carbonyl (C=O) groups is 1. The molecule has 0 radical (unpaired) electrons. The number of carbonyl (C=O) groups excluding carboxylic acids is 1. The average Bonchev–Trinajstić information content (AvgIpc) is 2.84. The summed E-state index contributed by atoms with van der Waals surface area (Å²) in [5, 5.41) is 7.18. The molecule has 4 heteroatoms. The molecule has 0 fully saturated rings. The Kier molecular flexibility index (Phi) is 3.77. The van der Waals surface area contributed by atoms with Crippen molar-refractivity contribution in [3.05, 3.63) is 53.3 Å². The molecule has 2 rings (SSSR count). The Balaban J connectivity index is 1.96. The zero-order chi connectivity index (χ0) is 13.0. The third-order valence-corrected chi connectivity index (χ3v) is 2.73. The summed E-state index contributed by atoms with van der Waals surface area (Å²) >= 11 is 0. The molecule has 0 aliphatic heterocycles. The van der Waals surface area contributed by atoms with Gasteiger partial charge >= 0.3 is 0 Å². The molecule has 94 valence electrons. The van der Waals surface area contributed by atoms with Crippen LogP contribution in [0.1, 0.15) is 28.5 Å². The Morgan fingerprint density at radius 2 is 2.22 bits per heavy atom. The molecule has 2 aromatic rings. The lowest BCUT2D eigenvalue weighted by Gasteiger charge is -2.04. The Labute approximate surface area is 107 Å². The summed E-state index contributed by atoms with van der Waals surface area (Å²) in [7, 11) is 0. The van der Waals surface area contributed by atoms with Gasteiger partial charge in [-0.3, -0.25) is 9.48 Å². The molecule has 0 spiro atoms. The van der Waals surface area contributed by atoms with Gasteiger partial charge in [-0.25, -0.2) is 0 Å². The molecular weight excluding hydrogens is 226 g/mol. The van der Waals surface area contributed by atoms with Crippen molar-refractivity contribution in [2.45, 2.75) is 26.9 Å². The fraction of sp³-hybridized carbons (Fsp3) is 0.286. The maximum Gasteiger partial charge on any atom is 0.251 e. The zero-order valence-corrected chi connectivity index (χ0v) is 10.7. The van der Waals surface area contributed by atoms with Gasteiger partial charge in [0.1, 0.15) is 0 Å². The van der Waals surface area contributed by atoms with Gasteiger partial charge in [-0.15, -0.1) is 0 Å². The molecule has 1 aromatic carbocycles.